The summed E-state index contributed by atoms with van der Waals surface area (Å²) in [6.07, 6.45) is -6.25. The summed E-state index contributed by atoms with van der Waals surface area (Å²) in [5.74, 6) is 0.416. The van der Waals surface area contributed by atoms with Crippen molar-refractivity contribution in [3.05, 3.63) is 23.8 Å². The number of aliphatic hydroxyl groups excluding tert-OH is 4. The van der Waals surface area contributed by atoms with E-state index in [1.54, 1.807) is 0 Å². The molecule has 0 radical (unpaired) electrons. The van der Waals surface area contributed by atoms with Gasteiger partial charge in [0.25, 0.3) is 0 Å². The SMILES string of the molecule is COc1cc(C=O)ccc1OC1O[C@H](CO)[C@@H](O)[C@H](O)[C@@H]1O. The fourth-order valence-electron chi connectivity index (χ4n) is 2.14. The van der Waals surface area contributed by atoms with Crippen molar-refractivity contribution in [2.24, 2.45) is 0 Å². The van der Waals surface area contributed by atoms with E-state index in [0.29, 0.717) is 11.8 Å². The minimum atomic E-state index is -1.53. The van der Waals surface area contributed by atoms with Gasteiger partial charge in [-0.1, -0.05) is 0 Å². The quantitative estimate of drug-likeness (QED) is 0.493. The third-order valence-corrected chi connectivity index (χ3v) is 3.42. The van der Waals surface area contributed by atoms with Crippen molar-refractivity contribution in [3.63, 3.8) is 0 Å². The molecular formula is C14H18O8. The van der Waals surface area contributed by atoms with Crippen LogP contribution in [0.4, 0.5) is 0 Å². The first-order valence-electron chi connectivity index (χ1n) is 6.62. The number of benzene rings is 1. The van der Waals surface area contributed by atoms with Gasteiger partial charge in [0, 0.05) is 5.56 Å². The summed E-state index contributed by atoms with van der Waals surface area (Å²) in [7, 11) is 1.38. The van der Waals surface area contributed by atoms with Crippen LogP contribution in [0.15, 0.2) is 18.2 Å². The predicted molar refractivity (Wildman–Crippen MR) is 72.8 cm³/mol. The molecule has 5 atom stereocenters. The molecular weight excluding hydrogens is 296 g/mol. The lowest BCUT2D eigenvalue weighted by Gasteiger charge is -2.39. The highest BCUT2D eigenvalue weighted by Crippen LogP contribution is 2.31. The third-order valence-electron chi connectivity index (χ3n) is 3.42. The van der Waals surface area contributed by atoms with Gasteiger partial charge in [0.1, 0.15) is 30.7 Å². The number of ether oxygens (including phenoxy) is 3. The molecule has 1 aromatic carbocycles. The van der Waals surface area contributed by atoms with Gasteiger partial charge in [-0.3, -0.25) is 4.79 Å². The van der Waals surface area contributed by atoms with E-state index in [4.69, 9.17) is 19.3 Å². The second-order valence-electron chi connectivity index (χ2n) is 4.84. The standard InChI is InChI=1S/C14H18O8/c1-20-9-4-7(5-15)2-3-8(9)21-14-13(19)12(18)11(17)10(6-16)22-14/h2-5,10-14,16-19H,6H2,1H3/t10-,11-,12+,13+,14?/m1/s1. The van der Waals surface area contributed by atoms with Crippen LogP contribution in [-0.4, -0.2) is 71.1 Å². The first kappa shape index (κ1) is 16.7. The van der Waals surface area contributed by atoms with E-state index in [0.717, 1.165) is 0 Å². The molecule has 8 heteroatoms. The van der Waals surface area contributed by atoms with Crippen molar-refractivity contribution in [1.29, 1.82) is 0 Å². The first-order valence-corrected chi connectivity index (χ1v) is 6.62. The first-order chi connectivity index (χ1) is 10.5. The van der Waals surface area contributed by atoms with Gasteiger partial charge >= 0.3 is 0 Å². The van der Waals surface area contributed by atoms with E-state index in [1.165, 1.54) is 25.3 Å². The highest BCUT2D eigenvalue weighted by atomic mass is 16.7. The van der Waals surface area contributed by atoms with E-state index in [-0.39, 0.29) is 11.5 Å². The molecule has 1 unspecified atom stereocenters. The van der Waals surface area contributed by atoms with Crippen LogP contribution < -0.4 is 9.47 Å². The summed E-state index contributed by atoms with van der Waals surface area (Å²) in [5.41, 5.74) is 0.373. The number of carbonyl (C=O) groups is 1. The summed E-state index contributed by atoms with van der Waals surface area (Å²) >= 11 is 0. The molecule has 1 aliphatic rings. The van der Waals surface area contributed by atoms with Gasteiger partial charge in [-0.05, 0) is 18.2 Å². The maximum atomic E-state index is 10.7. The molecule has 0 bridgehead atoms. The molecule has 122 valence electrons. The lowest BCUT2D eigenvalue weighted by atomic mass is 9.99. The van der Waals surface area contributed by atoms with Gasteiger partial charge in [0.15, 0.2) is 11.5 Å². The van der Waals surface area contributed by atoms with Gasteiger partial charge in [-0.2, -0.15) is 0 Å². The molecule has 22 heavy (non-hydrogen) atoms. The molecule has 0 amide bonds. The molecule has 1 fully saturated rings. The third kappa shape index (κ3) is 3.21. The maximum absolute atomic E-state index is 10.7. The van der Waals surface area contributed by atoms with Crippen LogP contribution in [0.3, 0.4) is 0 Å². The summed E-state index contributed by atoms with van der Waals surface area (Å²) in [5, 5.41) is 38.4. The van der Waals surface area contributed by atoms with Crippen LogP contribution in [0, 0.1) is 0 Å². The molecule has 2 rings (SSSR count). The fraction of sp³-hybridized carbons (Fsp3) is 0.500. The molecule has 0 aromatic heterocycles. The Morgan fingerprint density at radius 3 is 2.50 bits per heavy atom. The second kappa shape index (κ2) is 7.03. The molecule has 1 aliphatic heterocycles. The molecule has 1 aromatic rings. The van der Waals surface area contributed by atoms with Crippen LogP contribution in [0.1, 0.15) is 10.4 Å². The average molecular weight is 314 g/mol. The summed E-state index contributed by atoms with van der Waals surface area (Å²) < 4.78 is 15.8. The Morgan fingerprint density at radius 2 is 1.91 bits per heavy atom. The monoisotopic (exact) mass is 314 g/mol. The van der Waals surface area contributed by atoms with Crippen LogP contribution >= 0.6 is 0 Å². The number of methoxy groups -OCH3 is 1. The van der Waals surface area contributed by atoms with Crippen molar-refractivity contribution in [3.8, 4) is 11.5 Å². The van der Waals surface area contributed by atoms with E-state index in [9.17, 15) is 20.1 Å². The van der Waals surface area contributed by atoms with Crippen molar-refractivity contribution >= 4 is 6.29 Å². The highest BCUT2D eigenvalue weighted by molar-refractivity contribution is 5.76. The lowest BCUT2D eigenvalue weighted by molar-refractivity contribution is -0.277. The normalized spacial score (nSPS) is 31.6. The Balaban J connectivity index is 2.20. The van der Waals surface area contributed by atoms with Crippen molar-refractivity contribution < 1.29 is 39.4 Å². The minimum absolute atomic E-state index is 0.178. The Bertz CT molecular complexity index is 518. The molecule has 8 nitrogen and oxygen atoms in total. The van der Waals surface area contributed by atoms with Crippen LogP contribution in [-0.2, 0) is 4.74 Å². The Labute approximate surface area is 126 Å². The number of aliphatic hydroxyl groups is 4. The van der Waals surface area contributed by atoms with E-state index in [2.05, 4.69) is 0 Å². The van der Waals surface area contributed by atoms with Gasteiger partial charge in [0.2, 0.25) is 6.29 Å². The molecule has 0 aliphatic carbocycles. The molecule has 0 spiro atoms. The van der Waals surface area contributed by atoms with Crippen molar-refractivity contribution in [1.82, 2.24) is 0 Å². The lowest BCUT2D eigenvalue weighted by Crippen LogP contribution is -2.60. The van der Waals surface area contributed by atoms with Gasteiger partial charge < -0.3 is 34.6 Å². The topological polar surface area (TPSA) is 126 Å². The van der Waals surface area contributed by atoms with Gasteiger partial charge in [0.05, 0.1) is 13.7 Å². The molecule has 0 saturated carbocycles. The molecule has 1 saturated heterocycles. The fourth-order valence-corrected chi connectivity index (χ4v) is 2.14. The van der Waals surface area contributed by atoms with Crippen molar-refractivity contribution in [2.45, 2.75) is 30.7 Å². The number of aldehydes is 1. The smallest absolute Gasteiger partial charge is 0.229 e. The zero-order chi connectivity index (χ0) is 16.3. The number of rotatable bonds is 5. The minimum Gasteiger partial charge on any atom is -0.493 e. The van der Waals surface area contributed by atoms with Crippen molar-refractivity contribution in [2.75, 3.05) is 13.7 Å². The highest BCUT2D eigenvalue weighted by Gasteiger charge is 2.44. The molecule has 1 heterocycles. The van der Waals surface area contributed by atoms with Crippen LogP contribution in [0.5, 0.6) is 11.5 Å². The van der Waals surface area contributed by atoms with E-state index in [1.807, 2.05) is 0 Å². The Hall–Kier alpha value is -1.71. The predicted octanol–water partition coefficient (Wildman–Crippen LogP) is -1.31. The number of hydrogen-bond acceptors (Lipinski definition) is 8. The summed E-state index contributed by atoms with van der Waals surface area (Å²) in [4.78, 5) is 10.7. The van der Waals surface area contributed by atoms with E-state index >= 15 is 0 Å². The summed E-state index contributed by atoms with van der Waals surface area (Å²) in [6.45, 7) is -0.550. The zero-order valence-electron chi connectivity index (χ0n) is 11.8. The Kier molecular flexibility index (Phi) is 5.33. The Morgan fingerprint density at radius 1 is 1.18 bits per heavy atom. The summed E-state index contributed by atoms with van der Waals surface area (Å²) in [6, 6.07) is 4.37. The second-order valence-corrected chi connectivity index (χ2v) is 4.84. The number of hydrogen-bond donors (Lipinski definition) is 4. The van der Waals surface area contributed by atoms with Crippen LogP contribution in [0.25, 0.3) is 0 Å². The van der Waals surface area contributed by atoms with Crippen LogP contribution in [0.2, 0.25) is 0 Å². The number of carbonyl (C=O) groups excluding carboxylic acids is 1. The molecule has 4 N–H and O–H groups in total. The average Bonchev–Trinajstić information content (AvgIpc) is 2.55. The zero-order valence-corrected chi connectivity index (χ0v) is 11.8. The van der Waals surface area contributed by atoms with Gasteiger partial charge in [-0.25, -0.2) is 0 Å². The van der Waals surface area contributed by atoms with E-state index < -0.39 is 37.3 Å². The maximum Gasteiger partial charge on any atom is 0.229 e. The largest absolute Gasteiger partial charge is 0.493 e. The van der Waals surface area contributed by atoms with Gasteiger partial charge in [-0.15, -0.1) is 0 Å².